The summed E-state index contributed by atoms with van der Waals surface area (Å²) in [7, 11) is 0. The highest BCUT2D eigenvalue weighted by molar-refractivity contribution is 9.10. The molecule has 8 heteroatoms. The van der Waals surface area contributed by atoms with Crippen molar-refractivity contribution >= 4 is 50.3 Å². The maximum Gasteiger partial charge on any atom is 0.281 e. The van der Waals surface area contributed by atoms with Crippen LogP contribution in [0.5, 0.6) is 0 Å². The summed E-state index contributed by atoms with van der Waals surface area (Å²) < 4.78 is 2.01. The lowest BCUT2D eigenvalue weighted by Gasteiger charge is -2.14. The third-order valence-corrected chi connectivity index (χ3v) is 6.15. The van der Waals surface area contributed by atoms with Crippen LogP contribution in [0, 0.1) is 0 Å². The number of carbonyl (C=O) groups excluding carboxylic acids is 2. The minimum absolute atomic E-state index is 0.0704. The van der Waals surface area contributed by atoms with Crippen LogP contribution >= 0.6 is 27.7 Å². The Morgan fingerprint density at radius 2 is 1.62 bits per heavy atom. The topological polar surface area (TPSA) is 81.1 Å². The molecule has 1 N–H and O–H groups in total. The number of ketones is 1. The second kappa shape index (κ2) is 9.93. The van der Waals surface area contributed by atoms with Gasteiger partial charge in [-0.25, -0.2) is 4.98 Å². The van der Waals surface area contributed by atoms with Crippen LogP contribution in [-0.4, -0.2) is 27.1 Å². The lowest BCUT2D eigenvalue weighted by atomic mass is 10.1. The molecule has 0 spiro atoms. The van der Waals surface area contributed by atoms with Crippen LogP contribution in [0.4, 0.5) is 0 Å². The molecule has 0 atom stereocenters. The zero-order chi connectivity index (χ0) is 22.5. The van der Waals surface area contributed by atoms with Crippen LogP contribution in [0.1, 0.15) is 15.9 Å². The van der Waals surface area contributed by atoms with Gasteiger partial charge in [-0.3, -0.25) is 19.8 Å². The summed E-state index contributed by atoms with van der Waals surface area (Å²) in [6, 6.07) is 23.2. The third kappa shape index (κ3) is 5.15. The SMILES string of the molecule is O=C(Cc1ccccc1)Nn1c(SCC(=O)c2ccc(Br)cc2)nc2ccccc2c1=O. The van der Waals surface area contributed by atoms with Crippen molar-refractivity contribution in [2.45, 2.75) is 11.6 Å². The number of hydrogen-bond acceptors (Lipinski definition) is 5. The molecule has 0 aliphatic rings. The van der Waals surface area contributed by atoms with E-state index in [-0.39, 0.29) is 29.0 Å². The van der Waals surface area contributed by atoms with Crippen LogP contribution in [0.15, 0.2) is 93.3 Å². The predicted molar refractivity (Wildman–Crippen MR) is 130 cm³/mol. The van der Waals surface area contributed by atoms with Gasteiger partial charge in [0.1, 0.15) is 0 Å². The minimum Gasteiger partial charge on any atom is -0.293 e. The number of nitrogens with zero attached hydrogens (tertiary/aromatic N) is 2. The Bertz CT molecular complexity index is 1340. The van der Waals surface area contributed by atoms with E-state index in [0.717, 1.165) is 26.5 Å². The molecule has 160 valence electrons. The number of aromatic nitrogens is 2. The molecular formula is C24H18BrN3O3S. The van der Waals surface area contributed by atoms with E-state index < -0.39 is 5.56 Å². The van der Waals surface area contributed by atoms with Gasteiger partial charge in [0.15, 0.2) is 10.9 Å². The summed E-state index contributed by atoms with van der Waals surface area (Å²) in [5, 5.41) is 0.636. The Morgan fingerprint density at radius 1 is 0.938 bits per heavy atom. The first-order chi connectivity index (χ1) is 15.5. The molecule has 0 fully saturated rings. The average molecular weight is 508 g/mol. The van der Waals surface area contributed by atoms with Crippen LogP contribution in [0.25, 0.3) is 10.9 Å². The number of carbonyl (C=O) groups is 2. The van der Waals surface area contributed by atoms with Crippen molar-refractivity contribution in [3.8, 4) is 0 Å². The zero-order valence-electron chi connectivity index (χ0n) is 16.8. The van der Waals surface area contributed by atoms with Crippen molar-refractivity contribution < 1.29 is 9.59 Å². The minimum atomic E-state index is -0.393. The highest BCUT2D eigenvalue weighted by Gasteiger charge is 2.16. The van der Waals surface area contributed by atoms with E-state index in [4.69, 9.17) is 0 Å². The van der Waals surface area contributed by atoms with Gasteiger partial charge in [-0.05, 0) is 29.8 Å². The molecule has 1 heterocycles. The standard InChI is InChI=1S/C24H18BrN3O3S/c25-18-12-10-17(11-13-18)21(29)15-32-24-26-20-9-5-4-8-19(20)23(31)28(24)27-22(30)14-16-6-2-1-3-7-16/h1-13H,14-15H2,(H,27,30). The number of nitrogens with one attached hydrogen (secondary N) is 1. The quantitative estimate of drug-likeness (QED) is 0.227. The van der Waals surface area contributed by atoms with E-state index in [2.05, 4.69) is 26.3 Å². The monoisotopic (exact) mass is 507 g/mol. The van der Waals surface area contributed by atoms with E-state index in [9.17, 15) is 14.4 Å². The van der Waals surface area contributed by atoms with Crippen molar-refractivity contribution in [2.75, 3.05) is 11.2 Å². The number of para-hydroxylation sites is 1. The number of hydrogen-bond donors (Lipinski definition) is 1. The van der Waals surface area contributed by atoms with Crippen LogP contribution in [0.3, 0.4) is 0 Å². The fraction of sp³-hybridized carbons (Fsp3) is 0.0833. The molecule has 0 bridgehead atoms. The number of rotatable bonds is 7. The average Bonchev–Trinajstić information content (AvgIpc) is 2.80. The first-order valence-electron chi connectivity index (χ1n) is 9.78. The van der Waals surface area contributed by atoms with Gasteiger partial charge < -0.3 is 0 Å². The molecule has 0 radical (unpaired) electrons. The van der Waals surface area contributed by atoms with Crippen molar-refractivity contribution in [1.29, 1.82) is 0 Å². The summed E-state index contributed by atoms with van der Waals surface area (Å²) in [6.07, 6.45) is 0.113. The van der Waals surface area contributed by atoms with Crippen molar-refractivity contribution in [3.63, 3.8) is 0 Å². The second-order valence-electron chi connectivity index (χ2n) is 6.97. The number of thioether (sulfide) groups is 1. The van der Waals surface area contributed by atoms with Gasteiger partial charge in [-0.15, -0.1) is 0 Å². The molecule has 4 rings (SSSR count). The molecule has 0 saturated carbocycles. The maximum atomic E-state index is 13.1. The molecular weight excluding hydrogens is 490 g/mol. The number of Topliss-reactive ketones (excluding diaryl/α,β-unsaturated/α-hetero) is 1. The fourth-order valence-electron chi connectivity index (χ4n) is 3.10. The first kappa shape index (κ1) is 22.0. The smallest absolute Gasteiger partial charge is 0.281 e. The Balaban J connectivity index is 1.61. The van der Waals surface area contributed by atoms with Crippen LogP contribution < -0.4 is 11.0 Å². The van der Waals surface area contributed by atoms with E-state index in [1.54, 1.807) is 48.5 Å². The normalized spacial score (nSPS) is 10.8. The first-order valence-corrected chi connectivity index (χ1v) is 11.6. The number of benzene rings is 3. The number of amides is 1. The third-order valence-electron chi connectivity index (χ3n) is 4.69. The van der Waals surface area contributed by atoms with Gasteiger partial charge in [0, 0.05) is 10.0 Å². The number of fused-ring (bicyclic) bond motifs is 1. The molecule has 1 amide bonds. The van der Waals surface area contributed by atoms with Crippen molar-refractivity contribution in [1.82, 2.24) is 9.66 Å². The maximum absolute atomic E-state index is 13.1. The van der Waals surface area contributed by atoms with E-state index in [0.29, 0.717) is 16.5 Å². The van der Waals surface area contributed by atoms with E-state index in [1.165, 1.54) is 0 Å². The Morgan fingerprint density at radius 3 is 2.38 bits per heavy atom. The fourth-order valence-corrected chi connectivity index (χ4v) is 4.21. The van der Waals surface area contributed by atoms with Crippen LogP contribution in [-0.2, 0) is 11.2 Å². The number of halogens is 1. The van der Waals surface area contributed by atoms with Gasteiger partial charge in [0.05, 0.1) is 23.1 Å². The Hall–Kier alpha value is -3.23. The summed E-state index contributed by atoms with van der Waals surface area (Å²) >= 11 is 4.46. The van der Waals surface area contributed by atoms with Gasteiger partial charge in [-0.2, -0.15) is 4.68 Å². The summed E-state index contributed by atoms with van der Waals surface area (Å²) in [5.41, 5.74) is 4.15. The van der Waals surface area contributed by atoms with Crippen molar-refractivity contribution in [2.24, 2.45) is 0 Å². The molecule has 3 aromatic carbocycles. The Labute approximate surface area is 196 Å². The van der Waals surface area contributed by atoms with E-state index in [1.807, 2.05) is 30.3 Å². The highest BCUT2D eigenvalue weighted by atomic mass is 79.9. The van der Waals surface area contributed by atoms with Crippen LogP contribution in [0.2, 0.25) is 0 Å². The molecule has 0 saturated heterocycles. The summed E-state index contributed by atoms with van der Waals surface area (Å²) in [6.45, 7) is 0. The van der Waals surface area contributed by atoms with Gasteiger partial charge >= 0.3 is 0 Å². The van der Waals surface area contributed by atoms with Gasteiger partial charge in [-0.1, -0.05) is 82.3 Å². The molecule has 1 aromatic heterocycles. The zero-order valence-corrected chi connectivity index (χ0v) is 19.2. The molecule has 32 heavy (non-hydrogen) atoms. The summed E-state index contributed by atoms with van der Waals surface area (Å²) in [4.78, 5) is 42.9. The highest BCUT2D eigenvalue weighted by Crippen LogP contribution is 2.19. The molecule has 6 nitrogen and oxygen atoms in total. The molecule has 0 unspecified atom stereocenters. The van der Waals surface area contributed by atoms with Gasteiger partial charge in [0.25, 0.3) is 5.56 Å². The second-order valence-corrected chi connectivity index (χ2v) is 8.83. The van der Waals surface area contributed by atoms with E-state index >= 15 is 0 Å². The Kier molecular flexibility index (Phi) is 6.82. The predicted octanol–water partition coefficient (Wildman–Crippen LogP) is 4.45. The molecule has 0 aliphatic carbocycles. The van der Waals surface area contributed by atoms with Gasteiger partial charge in [0.2, 0.25) is 5.91 Å². The molecule has 4 aromatic rings. The largest absolute Gasteiger partial charge is 0.293 e. The summed E-state index contributed by atoms with van der Waals surface area (Å²) in [5.74, 6) is -0.385. The lowest BCUT2D eigenvalue weighted by molar-refractivity contribution is -0.116. The van der Waals surface area contributed by atoms with Crippen molar-refractivity contribution in [3.05, 3.63) is 105 Å². The molecule has 0 aliphatic heterocycles. The lowest BCUT2D eigenvalue weighted by Crippen LogP contribution is -2.36.